The standard InChI is InChI=1S/C17H23F3N6.HI/c1-4-21-16(22-10-15-24-23-12-26(15)5-2)25(3)11-13-6-8-14(9-7-13)17(18,19)20;/h6-9,12H,4-5,10-11H2,1-3H3,(H,21,22);1H. The lowest BCUT2D eigenvalue weighted by Gasteiger charge is -2.22. The van der Waals surface area contributed by atoms with Crippen molar-refractivity contribution in [1.29, 1.82) is 0 Å². The molecule has 0 saturated heterocycles. The summed E-state index contributed by atoms with van der Waals surface area (Å²) in [4.78, 5) is 6.41. The number of nitrogens with zero attached hydrogens (tertiary/aromatic N) is 5. The summed E-state index contributed by atoms with van der Waals surface area (Å²) in [7, 11) is 1.84. The second-order valence-electron chi connectivity index (χ2n) is 5.75. The van der Waals surface area contributed by atoms with Crippen LogP contribution in [0.25, 0.3) is 0 Å². The largest absolute Gasteiger partial charge is 0.416 e. The smallest absolute Gasteiger partial charge is 0.357 e. The first-order valence-electron chi connectivity index (χ1n) is 8.37. The number of halogens is 4. The highest BCUT2D eigenvalue weighted by atomic mass is 127. The van der Waals surface area contributed by atoms with Gasteiger partial charge >= 0.3 is 6.18 Å². The maximum absolute atomic E-state index is 12.7. The first kappa shape index (κ1) is 23.2. The van der Waals surface area contributed by atoms with Crippen molar-refractivity contribution in [3.63, 3.8) is 0 Å². The van der Waals surface area contributed by atoms with Crippen LogP contribution >= 0.6 is 24.0 Å². The minimum atomic E-state index is -4.32. The molecule has 150 valence electrons. The zero-order valence-corrected chi connectivity index (χ0v) is 17.8. The Kier molecular flexibility index (Phi) is 9.00. The van der Waals surface area contributed by atoms with E-state index in [1.165, 1.54) is 12.1 Å². The van der Waals surface area contributed by atoms with Crippen molar-refractivity contribution in [3.05, 3.63) is 47.5 Å². The Balaban J connectivity index is 0.00000364. The van der Waals surface area contributed by atoms with Crippen LogP contribution in [0.2, 0.25) is 0 Å². The number of aryl methyl sites for hydroxylation is 1. The average Bonchev–Trinajstić information content (AvgIpc) is 3.05. The van der Waals surface area contributed by atoms with Crippen LogP contribution in [0.1, 0.15) is 30.8 Å². The van der Waals surface area contributed by atoms with Gasteiger partial charge in [0, 0.05) is 26.7 Å². The van der Waals surface area contributed by atoms with E-state index in [0.29, 0.717) is 25.6 Å². The van der Waals surface area contributed by atoms with Crippen molar-refractivity contribution < 1.29 is 13.2 Å². The van der Waals surface area contributed by atoms with Gasteiger partial charge in [0.05, 0.1) is 5.56 Å². The van der Waals surface area contributed by atoms with Crippen molar-refractivity contribution in [3.8, 4) is 0 Å². The van der Waals surface area contributed by atoms with Crippen LogP contribution in [0.4, 0.5) is 13.2 Å². The number of rotatable bonds is 6. The molecule has 0 spiro atoms. The third-order valence-electron chi connectivity index (χ3n) is 3.80. The van der Waals surface area contributed by atoms with Crippen molar-refractivity contribution in [1.82, 2.24) is 25.0 Å². The highest BCUT2D eigenvalue weighted by molar-refractivity contribution is 14.0. The van der Waals surface area contributed by atoms with Crippen LogP contribution in [-0.2, 0) is 25.8 Å². The number of hydrogen-bond acceptors (Lipinski definition) is 3. The van der Waals surface area contributed by atoms with Gasteiger partial charge in [0.1, 0.15) is 12.9 Å². The molecular weight excluding hydrogens is 472 g/mol. The summed E-state index contributed by atoms with van der Waals surface area (Å²) < 4.78 is 39.9. The van der Waals surface area contributed by atoms with Crippen molar-refractivity contribution >= 4 is 29.9 Å². The number of hydrogen-bond donors (Lipinski definition) is 1. The Hall–Kier alpha value is -1.85. The minimum absolute atomic E-state index is 0. The molecule has 1 heterocycles. The van der Waals surface area contributed by atoms with Gasteiger partial charge in [-0.3, -0.25) is 0 Å². The molecule has 27 heavy (non-hydrogen) atoms. The molecule has 0 radical (unpaired) electrons. The molecule has 0 aliphatic carbocycles. The molecule has 10 heteroatoms. The molecular formula is C17H24F3IN6. The fourth-order valence-corrected chi connectivity index (χ4v) is 2.43. The van der Waals surface area contributed by atoms with Crippen LogP contribution in [0.3, 0.4) is 0 Å². The topological polar surface area (TPSA) is 58.3 Å². The highest BCUT2D eigenvalue weighted by Crippen LogP contribution is 2.29. The Morgan fingerprint density at radius 2 is 1.89 bits per heavy atom. The van der Waals surface area contributed by atoms with Gasteiger partial charge in [0.25, 0.3) is 0 Å². The van der Waals surface area contributed by atoms with Gasteiger partial charge in [0.15, 0.2) is 11.8 Å². The van der Waals surface area contributed by atoms with Gasteiger partial charge < -0.3 is 14.8 Å². The summed E-state index contributed by atoms with van der Waals surface area (Å²) in [6.07, 6.45) is -2.67. The molecule has 2 aromatic rings. The summed E-state index contributed by atoms with van der Waals surface area (Å²) in [5, 5.41) is 11.1. The Morgan fingerprint density at radius 3 is 2.44 bits per heavy atom. The Bertz CT molecular complexity index is 727. The van der Waals surface area contributed by atoms with Crippen LogP contribution in [0.5, 0.6) is 0 Å². The lowest BCUT2D eigenvalue weighted by atomic mass is 10.1. The molecule has 0 unspecified atom stereocenters. The number of guanidine groups is 1. The third-order valence-corrected chi connectivity index (χ3v) is 3.80. The van der Waals surface area contributed by atoms with Gasteiger partial charge in [-0.2, -0.15) is 13.2 Å². The molecule has 0 atom stereocenters. The predicted molar refractivity (Wildman–Crippen MR) is 109 cm³/mol. The predicted octanol–water partition coefficient (Wildman–Crippen LogP) is 3.53. The van der Waals surface area contributed by atoms with E-state index in [-0.39, 0.29) is 24.0 Å². The molecule has 1 N–H and O–H groups in total. The van der Waals surface area contributed by atoms with E-state index < -0.39 is 11.7 Å². The zero-order chi connectivity index (χ0) is 19.2. The van der Waals surface area contributed by atoms with Gasteiger partial charge in [-0.05, 0) is 31.5 Å². The summed E-state index contributed by atoms with van der Waals surface area (Å²) in [6.45, 7) is 6.19. The maximum atomic E-state index is 12.7. The van der Waals surface area contributed by atoms with Gasteiger partial charge in [-0.1, -0.05) is 12.1 Å². The first-order valence-corrected chi connectivity index (χ1v) is 8.37. The van der Waals surface area contributed by atoms with Crippen LogP contribution < -0.4 is 5.32 Å². The second-order valence-corrected chi connectivity index (χ2v) is 5.75. The average molecular weight is 496 g/mol. The van der Waals surface area contributed by atoms with Crippen LogP contribution in [-0.4, -0.2) is 39.2 Å². The van der Waals surface area contributed by atoms with Gasteiger partial charge in [-0.25, -0.2) is 4.99 Å². The van der Waals surface area contributed by atoms with Crippen molar-refractivity contribution in [2.45, 2.75) is 39.7 Å². The molecule has 0 aliphatic heterocycles. The fourth-order valence-electron chi connectivity index (χ4n) is 2.43. The van der Waals surface area contributed by atoms with Gasteiger partial charge in [-0.15, -0.1) is 34.2 Å². The molecule has 6 nitrogen and oxygen atoms in total. The molecule has 0 bridgehead atoms. The van der Waals surface area contributed by atoms with Crippen LogP contribution in [0, 0.1) is 0 Å². The molecule has 1 aromatic carbocycles. The lowest BCUT2D eigenvalue weighted by Crippen LogP contribution is -2.38. The van der Waals surface area contributed by atoms with Crippen LogP contribution in [0.15, 0.2) is 35.6 Å². The minimum Gasteiger partial charge on any atom is -0.357 e. The normalized spacial score (nSPS) is 11.9. The van der Waals surface area contributed by atoms with E-state index in [1.54, 1.807) is 6.33 Å². The van der Waals surface area contributed by atoms with Crippen molar-refractivity contribution in [2.24, 2.45) is 4.99 Å². The molecule has 1 aromatic heterocycles. The van der Waals surface area contributed by atoms with E-state index in [4.69, 9.17) is 0 Å². The maximum Gasteiger partial charge on any atom is 0.416 e. The molecule has 2 rings (SSSR count). The number of nitrogens with one attached hydrogen (secondary N) is 1. The second kappa shape index (κ2) is 10.5. The third kappa shape index (κ3) is 6.67. The Labute approximate surface area is 173 Å². The number of alkyl halides is 3. The number of aliphatic imine (C=N–C) groups is 1. The highest BCUT2D eigenvalue weighted by Gasteiger charge is 2.29. The van der Waals surface area contributed by atoms with Gasteiger partial charge in [0.2, 0.25) is 0 Å². The molecule has 0 amide bonds. The number of benzene rings is 1. The summed E-state index contributed by atoms with van der Waals surface area (Å²) in [5.41, 5.74) is 0.117. The quantitative estimate of drug-likeness (QED) is 0.378. The first-order chi connectivity index (χ1) is 12.3. The van der Waals surface area contributed by atoms with E-state index >= 15 is 0 Å². The van der Waals surface area contributed by atoms with E-state index in [9.17, 15) is 13.2 Å². The summed E-state index contributed by atoms with van der Waals surface area (Å²) in [6, 6.07) is 5.15. The molecule has 0 aliphatic rings. The summed E-state index contributed by atoms with van der Waals surface area (Å²) >= 11 is 0. The molecule has 0 saturated carbocycles. The van der Waals surface area contributed by atoms with E-state index in [2.05, 4.69) is 20.5 Å². The summed E-state index contributed by atoms with van der Waals surface area (Å²) in [5.74, 6) is 1.41. The number of aromatic nitrogens is 3. The van der Waals surface area contributed by atoms with E-state index in [1.807, 2.05) is 30.4 Å². The van der Waals surface area contributed by atoms with Crippen molar-refractivity contribution in [2.75, 3.05) is 13.6 Å². The lowest BCUT2D eigenvalue weighted by molar-refractivity contribution is -0.137. The monoisotopic (exact) mass is 496 g/mol. The zero-order valence-electron chi connectivity index (χ0n) is 15.5. The molecule has 0 fully saturated rings. The fraction of sp³-hybridized carbons (Fsp3) is 0.471. The van der Waals surface area contributed by atoms with E-state index in [0.717, 1.165) is 30.1 Å². The Morgan fingerprint density at radius 1 is 1.22 bits per heavy atom. The SMILES string of the molecule is CCNC(=NCc1nncn1CC)N(C)Cc1ccc(C(F)(F)F)cc1.I.